The molecule has 0 aliphatic carbocycles. The van der Waals surface area contributed by atoms with E-state index in [1.807, 2.05) is 24.3 Å². The second-order valence-corrected chi connectivity index (χ2v) is 7.48. The molecular weight excluding hydrogens is 418 g/mol. The van der Waals surface area contributed by atoms with E-state index in [1.54, 1.807) is 31.4 Å². The second kappa shape index (κ2) is 9.76. The number of halogens is 1. The van der Waals surface area contributed by atoms with E-state index in [-0.39, 0.29) is 23.5 Å². The van der Waals surface area contributed by atoms with Gasteiger partial charge >= 0.3 is 0 Å². The van der Waals surface area contributed by atoms with Crippen LogP contribution in [0.4, 0.5) is 0 Å². The van der Waals surface area contributed by atoms with Crippen LogP contribution in [-0.2, 0) is 4.74 Å². The maximum atomic E-state index is 12.8. The van der Waals surface area contributed by atoms with Gasteiger partial charge in [0.05, 0.1) is 13.2 Å². The molecule has 7 nitrogen and oxygen atoms in total. The fourth-order valence-corrected chi connectivity index (χ4v) is 3.33. The number of carbonyl (C=O) groups is 1. The summed E-state index contributed by atoms with van der Waals surface area (Å²) in [6.45, 7) is 1.16. The molecule has 3 aromatic rings. The standard InChI is InChI=1S/C23H22ClN3O4/c1-29-17-8-4-15(5-9-17)21-25-14-20(22(28)26-13-19-3-2-12-30-19)23(27-21)31-18-10-6-16(24)7-11-18/h4-11,14,19H,2-3,12-13H2,1H3,(H,26,28). The highest BCUT2D eigenvalue weighted by molar-refractivity contribution is 6.30. The number of nitrogens with zero attached hydrogens (tertiary/aromatic N) is 2. The summed E-state index contributed by atoms with van der Waals surface area (Å²) in [5, 5.41) is 3.48. The van der Waals surface area contributed by atoms with Gasteiger partial charge in [-0.05, 0) is 61.4 Å². The molecule has 2 aromatic carbocycles. The van der Waals surface area contributed by atoms with Crippen molar-refractivity contribution in [1.29, 1.82) is 0 Å². The number of aromatic nitrogens is 2. The number of amides is 1. The SMILES string of the molecule is COc1ccc(-c2ncc(C(=O)NCC3CCCO3)c(Oc3ccc(Cl)cc3)n2)cc1. The van der Waals surface area contributed by atoms with Crippen molar-refractivity contribution in [1.82, 2.24) is 15.3 Å². The Morgan fingerprint density at radius 2 is 1.90 bits per heavy atom. The summed E-state index contributed by atoms with van der Waals surface area (Å²) in [7, 11) is 1.60. The minimum absolute atomic E-state index is 0.0316. The maximum absolute atomic E-state index is 12.8. The molecule has 1 amide bonds. The van der Waals surface area contributed by atoms with Gasteiger partial charge in [0.1, 0.15) is 17.1 Å². The Hall–Kier alpha value is -3.16. The van der Waals surface area contributed by atoms with Gasteiger partial charge in [-0.3, -0.25) is 4.79 Å². The van der Waals surface area contributed by atoms with Crippen molar-refractivity contribution in [3.8, 4) is 28.8 Å². The number of benzene rings is 2. The van der Waals surface area contributed by atoms with Crippen LogP contribution in [0.3, 0.4) is 0 Å². The van der Waals surface area contributed by atoms with Gasteiger partial charge in [-0.15, -0.1) is 0 Å². The van der Waals surface area contributed by atoms with Crippen LogP contribution in [0.5, 0.6) is 17.4 Å². The lowest BCUT2D eigenvalue weighted by molar-refractivity contribution is 0.0855. The molecule has 1 N–H and O–H groups in total. The van der Waals surface area contributed by atoms with E-state index in [0.29, 0.717) is 23.1 Å². The summed E-state index contributed by atoms with van der Waals surface area (Å²) in [6, 6.07) is 14.2. The second-order valence-electron chi connectivity index (χ2n) is 7.04. The predicted molar refractivity (Wildman–Crippen MR) is 117 cm³/mol. The topological polar surface area (TPSA) is 82.6 Å². The molecule has 1 aromatic heterocycles. The Balaban J connectivity index is 1.61. The molecular formula is C23H22ClN3O4. The molecule has 31 heavy (non-hydrogen) atoms. The van der Waals surface area contributed by atoms with Gasteiger partial charge < -0.3 is 19.5 Å². The van der Waals surface area contributed by atoms with Crippen molar-refractivity contribution in [2.45, 2.75) is 18.9 Å². The maximum Gasteiger partial charge on any atom is 0.258 e. The molecule has 2 heterocycles. The number of rotatable bonds is 7. The van der Waals surface area contributed by atoms with Gasteiger partial charge in [-0.2, -0.15) is 4.98 Å². The third-order valence-electron chi connectivity index (χ3n) is 4.89. The van der Waals surface area contributed by atoms with E-state index in [2.05, 4.69) is 15.3 Å². The quantitative estimate of drug-likeness (QED) is 0.583. The zero-order valence-electron chi connectivity index (χ0n) is 17.0. The molecule has 4 rings (SSSR count). The Bertz CT molecular complexity index is 1040. The third-order valence-corrected chi connectivity index (χ3v) is 5.14. The number of nitrogens with one attached hydrogen (secondary N) is 1. The summed E-state index contributed by atoms with van der Waals surface area (Å²) in [6.07, 6.45) is 3.44. The summed E-state index contributed by atoms with van der Waals surface area (Å²) < 4.78 is 16.7. The normalized spacial score (nSPS) is 15.5. The lowest BCUT2D eigenvalue weighted by Gasteiger charge is -2.14. The zero-order valence-corrected chi connectivity index (χ0v) is 17.8. The molecule has 1 unspecified atom stereocenters. The third kappa shape index (κ3) is 5.31. The van der Waals surface area contributed by atoms with Crippen LogP contribution in [-0.4, -0.2) is 42.2 Å². The number of carbonyl (C=O) groups excluding carboxylic acids is 1. The Morgan fingerprint density at radius 3 is 2.58 bits per heavy atom. The van der Waals surface area contributed by atoms with Gasteiger partial charge in [-0.25, -0.2) is 4.98 Å². The predicted octanol–water partition coefficient (Wildman–Crippen LogP) is 4.51. The summed E-state index contributed by atoms with van der Waals surface area (Å²) in [5.74, 6) is 1.51. The highest BCUT2D eigenvalue weighted by Gasteiger charge is 2.21. The molecule has 1 saturated heterocycles. The monoisotopic (exact) mass is 439 g/mol. The van der Waals surface area contributed by atoms with E-state index in [9.17, 15) is 4.79 Å². The highest BCUT2D eigenvalue weighted by Crippen LogP contribution is 2.28. The fraction of sp³-hybridized carbons (Fsp3) is 0.261. The largest absolute Gasteiger partial charge is 0.497 e. The van der Waals surface area contributed by atoms with Crippen molar-refractivity contribution < 1.29 is 19.0 Å². The average Bonchev–Trinajstić information content (AvgIpc) is 3.33. The first kappa shape index (κ1) is 21.1. The van der Waals surface area contributed by atoms with Crippen LogP contribution in [0.15, 0.2) is 54.7 Å². The van der Waals surface area contributed by atoms with Crippen LogP contribution in [0, 0.1) is 0 Å². The molecule has 0 bridgehead atoms. The van der Waals surface area contributed by atoms with Crippen molar-refractivity contribution in [2.75, 3.05) is 20.3 Å². The number of hydrogen-bond acceptors (Lipinski definition) is 6. The van der Waals surface area contributed by atoms with Gasteiger partial charge in [0.15, 0.2) is 5.82 Å². The van der Waals surface area contributed by atoms with Gasteiger partial charge in [0.2, 0.25) is 5.88 Å². The molecule has 160 valence electrons. The first-order chi connectivity index (χ1) is 15.1. The summed E-state index contributed by atoms with van der Waals surface area (Å²) in [5.41, 5.74) is 1.01. The van der Waals surface area contributed by atoms with Crippen LogP contribution in [0.2, 0.25) is 5.02 Å². The van der Waals surface area contributed by atoms with Crippen LogP contribution < -0.4 is 14.8 Å². The molecule has 1 atom stereocenters. The van der Waals surface area contributed by atoms with Crippen LogP contribution in [0.1, 0.15) is 23.2 Å². The molecule has 1 aliphatic heterocycles. The van der Waals surface area contributed by atoms with E-state index >= 15 is 0 Å². The Kier molecular flexibility index (Phi) is 6.64. The van der Waals surface area contributed by atoms with Crippen molar-refractivity contribution in [2.24, 2.45) is 0 Å². The van der Waals surface area contributed by atoms with E-state index in [0.717, 1.165) is 30.8 Å². The molecule has 0 saturated carbocycles. The molecule has 0 radical (unpaired) electrons. The molecule has 8 heteroatoms. The Morgan fingerprint density at radius 1 is 1.16 bits per heavy atom. The van der Waals surface area contributed by atoms with Gasteiger partial charge in [-0.1, -0.05) is 11.6 Å². The van der Waals surface area contributed by atoms with E-state index < -0.39 is 0 Å². The minimum Gasteiger partial charge on any atom is -0.497 e. The Labute approximate surface area is 185 Å². The molecule has 1 fully saturated rings. The minimum atomic E-state index is -0.319. The lowest BCUT2D eigenvalue weighted by Crippen LogP contribution is -2.32. The first-order valence-corrected chi connectivity index (χ1v) is 10.3. The van der Waals surface area contributed by atoms with E-state index in [4.69, 9.17) is 25.8 Å². The lowest BCUT2D eigenvalue weighted by atomic mass is 10.2. The van der Waals surface area contributed by atoms with E-state index in [1.165, 1.54) is 6.20 Å². The summed E-state index contributed by atoms with van der Waals surface area (Å²) in [4.78, 5) is 21.7. The molecule has 0 spiro atoms. The van der Waals surface area contributed by atoms with Crippen LogP contribution in [0.25, 0.3) is 11.4 Å². The molecule has 1 aliphatic rings. The van der Waals surface area contributed by atoms with Crippen molar-refractivity contribution in [3.05, 3.63) is 65.3 Å². The first-order valence-electron chi connectivity index (χ1n) is 9.97. The number of ether oxygens (including phenoxy) is 3. The zero-order chi connectivity index (χ0) is 21.6. The van der Waals surface area contributed by atoms with Crippen LogP contribution >= 0.6 is 11.6 Å². The number of hydrogen-bond donors (Lipinski definition) is 1. The smallest absolute Gasteiger partial charge is 0.258 e. The van der Waals surface area contributed by atoms with Gasteiger partial charge in [0, 0.05) is 29.9 Å². The average molecular weight is 440 g/mol. The number of methoxy groups -OCH3 is 1. The van der Waals surface area contributed by atoms with Crippen molar-refractivity contribution in [3.63, 3.8) is 0 Å². The summed E-state index contributed by atoms with van der Waals surface area (Å²) >= 11 is 5.96. The fourth-order valence-electron chi connectivity index (χ4n) is 3.20. The highest BCUT2D eigenvalue weighted by atomic mass is 35.5. The van der Waals surface area contributed by atoms with Gasteiger partial charge in [0.25, 0.3) is 5.91 Å². The van der Waals surface area contributed by atoms with Crippen molar-refractivity contribution >= 4 is 17.5 Å².